The molecule has 0 radical (unpaired) electrons. The second kappa shape index (κ2) is 11.0. The highest BCUT2D eigenvalue weighted by atomic mass is 32.2. The molecule has 0 fully saturated rings. The van der Waals surface area contributed by atoms with Gasteiger partial charge in [0.25, 0.3) is 15.9 Å². The number of aryl methyl sites for hydroxylation is 1. The van der Waals surface area contributed by atoms with Gasteiger partial charge in [-0.1, -0.05) is 29.5 Å². The zero-order valence-corrected chi connectivity index (χ0v) is 19.5. The van der Waals surface area contributed by atoms with Crippen LogP contribution >= 0.6 is 0 Å². The summed E-state index contributed by atoms with van der Waals surface area (Å²) in [4.78, 5) is 12.8. The number of carbonyl (C=O) groups excluding carboxylic acids is 1. The summed E-state index contributed by atoms with van der Waals surface area (Å²) in [5, 5.41) is 10.6. The highest BCUT2D eigenvalue weighted by molar-refractivity contribution is 7.92. The Bertz CT molecular complexity index is 1170. The van der Waals surface area contributed by atoms with Gasteiger partial charge in [-0.2, -0.15) is 0 Å². The maximum atomic E-state index is 12.7. The summed E-state index contributed by atoms with van der Waals surface area (Å²) >= 11 is 0. The summed E-state index contributed by atoms with van der Waals surface area (Å²) in [6.45, 7) is 6.75. The third kappa shape index (κ3) is 6.60. The lowest BCUT2D eigenvalue weighted by atomic mass is 10.2. The van der Waals surface area contributed by atoms with Gasteiger partial charge in [-0.25, -0.2) is 13.1 Å². The molecule has 3 aromatic rings. The summed E-state index contributed by atoms with van der Waals surface area (Å²) in [5.41, 5.74) is 1.58. The van der Waals surface area contributed by atoms with Gasteiger partial charge in [-0.15, -0.1) is 5.10 Å². The Morgan fingerprint density at radius 3 is 2.45 bits per heavy atom. The standard InChI is InChI=1S/C22H27N5O5S/c1-4-31-21(32-5-2)15-27-14-20(24-26-27)22(28)23-17-12-11-16(3)19(13-17)25-33(29,30)18-9-7-6-8-10-18/h6-14,21,25H,4-5,15H2,1-3H3,(H,23,28). The molecule has 10 nitrogen and oxygen atoms in total. The molecule has 1 aromatic heterocycles. The van der Waals surface area contributed by atoms with Gasteiger partial charge in [-0.05, 0) is 50.6 Å². The lowest BCUT2D eigenvalue weighted by Crippen LogP contribution is -2.24. The molecule has 3 rings (SSSR count). The van der Waals surface area contributed by atoms with Crippen molar-refractivity contribution in [2.24, 2.45) is 0 Å². The zero-order chi connectivity index (χ0) is 23.8. The number of rotatable bonds is 11. The first-order valence-corrected chi connectivity index (χ1v) is 11.9. The molecule has 1 amide bonds. The van der Waals surface area contributed by atoms with Crippen molar-refractivity contribution in [1.82, 2.24) is 15.0 Å². The van der Waals surface area contributed by atoms with E-state index in [0.717, 1.165) is 0 Å². The van der Waals surface area contributed by atoms with Crippen molar-refractivity contribution in [3.63, 3.8) is 0 Å². The number of carbonyl (C=O) groups is 1. The van der Waals surface area contributed by atoms with Gasteiger partial charge in [0.2, 0.25) is 0 Å². The van der Waals surface area contributed by atoms with E-state index in [1.54, 1.807) is 43.3 Å². The summed E-state index contributed by atoms with van der Waals surface area (Å²) in [6, 6.07) is 13.0. The molecule has 0 saturated carbocycles. The minimum Gasteiger partial charge on any atom is -0.351 e. The lowest BCUT2D eigenvalue weighted by Gasteiger charge is -2.16. The van der Waals surface area contributed by atoms with Crippen molar-refractivity contribution in [3.8, 4) is 0 Å². The fraction of sp³-hybridized carbons (Fsp3) is 0.318. The molecule has 0 aliphatic carbocycles. The van der Waals surface area contributed by atoms with Crippen molar-refractivity contribution in [3.05, 3.63) is 66.0 Å². The monoisotopic (exact) mass is 473 g/mol. The maximum Gasteiger partial charge on any atom is 0.277 e. The molecular formula is C22H27N5O5S. The van der Waals surface area contributed by atoms with Crippen LogP contribution in [-0.4, -0.2) is 48.8 Å². The SMILES string of the molecule is CCOC(Cn1cc(C(=O)Nc2ccc(C)c(NS(=O)(=O)c3ccccc3)c2)nn1)OCC. The van der Waals surface area contributed by atoms with Crippen molar-refractivity contribution in [2.75, 3.05) is 23.3 Å². The molecule has 0 spiro atoms. The van der Waals surface area contributed by atoms with E-state index in [1.807, 2.05) is 13.8 Å². The van der Waals surface area contributed by atoms with Gasteiger partial charge in [0.15, 0.2) is 12.0 Å². The highest BCUT2D eigenvalue weighted by Gasteiger charge is 2.17. The van der Waals surface area contributed by atoms with E-state index < -0.39 is 22.2 Å². The summed E-state index contributed by atoms with van der Waals surface area (Å²) in [7, 11) is -3.76. The Kier molecular flexibility index (Phi) is 8.15. The quantitative estimate of drug-likeness (QED) is 0.410. The number of nitrogens with one attached hydrogen (secondary N) is 2. The van der Waals surface area contributed by atoms with Crippen LogP contribution in [0.4, 0.5) is 11.4 Å². The number of benzene rings is 2. The minimum atomic E-state index is -3.76. The number of ether oxygens (including phenoxy) is 2. The number of hydrogen-bond donors (Lipinski definition) is 2. The number of amides is 1. The topological polar surface area (TPSA) is 124 Å². The predicted octanol–water partition coefficient (Wildman–Crippen LogP) is 3.04. The lowest BCUT2D eigenvalue weighted by molar-refractivity contribution is -0.145. The number of aromatic nitrogens is 3. The third-order valence-corrected chi connectivity index (χ3v) is 5.99. The fourth-order valence-electron chi connectivity index (χ4n) is 2.98. The smallest absolute Gasteiger partial charge is 0.277 e. The number of nitrogens with zero attached hydrogens (tertiary/aromatic N) is 3. The Balaban J connectivity index is 1.70. The van der Waals surface area contributed by atoms with Crippen molar-refractivity contribution >= 4 is 27.3 Å². The van der Waals surface area contributed by atoms with E-state index in [1.165, 1.54) is 23.0 Å². The molecule has 0 aliphatic heterocycles. The van der Waals surface area contributed by atoms with E-state index in [4.69, 9.17) is 9.47 Å². The Morgan fingerprint density at radius 2 is 1.79 bits per heavy atom. The Morgan fingerprint density at radius 1 is 1.09 bits per heavy atom. The summed E-state index contributed by atoms with van der Waals surface area (Å²) < 4.78 is 40.3. The first kappa shape index (κ1) is 24.4. The normalized spacial score (nSPS) is 11.5. The average molecular weight is 474 g/mol. The molecule has 0 aliphatic rings. The van der Waals surface area contributed by atoms with Gasteiger partial charge >= 0.3 is 0 Å². The Hall–Kier alpha value is -3.28. The van der Waals surface area contributed by atoms with Gasteiger partial charge < -0.3 is 14.8 Å². The van der Waals surface area contributed by atoms with Crippen LogP contribution in [0.5, 0.6) is 0 Å². The fourth-order valence-corrected chi connectivity index (χ4v) is 4.12. The molecule has 176 valence electrons. The number of anilines is 2. The van der Waals surface area contributed by atoms with E-state index >= 15 is 0 Å². The van der Waals surface area contributed by atoms with Gasteiger partial charge in [0.05, 0.1) is 23.3 Å². The highest BCUT2D eigenvalue weighted by Crippen LogP contribution is 2.24. The van der Waals surface area contributed by atoms with Crippen LogP contribution in [0.15, 0.2) is 59.6 Å². The Labute approximate surface area is 193 Å². The molecule has 11 heteroatoms. The van der Waals surface area contributed by atoms with Crippen LogP contribution in [0.2, 0.25) is 0 Å². The largest absolute Gasteiger partial charge is 0.351 e. The van der Waals surface area contributed by atoms with Crippen LogP contribution in [0.1, 0.15) is 29.9 Å². The second-order valence-electron chi connectivity index (χ2n) is 7.07. The van der Waals surface area contributed by atoms with Crippen LogP contribution in [0.3, 0.4) is 0 Å². The van der Waals surface area contributed by atoms with Crippen molar-refractivity contribution in [1.29, 1.82) is 0 Å². The molecule has 33 heavy (non-hydrogen) atoms. The van der Waals surface area contributed by atoms with E-state index in [-0.39, 0.29) is 17.1 Å². The van der Waals surface area contributed by atoms with E-state index in [2.05, 4.69) is 20.4 Å². The number of hydrogen-bond acceptors (Lipinski definition) is 7. The first-order valence-electron chi connectivity index (χ1n) is 10.5. The summed E-state index contributed by atoms with van der Waals surface area (Å²) in [5.74, 6) is -0.480. The van der Waals surface area contributed by atoms with Gasteiger partial charge in [-0.3, -0.25) is 9.52 Å². The van der Waals surface area contributed by atoms with Gasteiger partial charge in [0, 0.05) is 18.9 Å². The molecule has 2 aromatic carbocycles. The van der Waals surface area contributed by atoms with E-state index in [0.29, 0.717) is 30.2 Å². The average Bonchev–Trinajstić information content (AvgIpc) is 3.25. The predicted molar refractivity (Wildman–Crippen MR) is 123 cm³/mol. The van der Waals surface area contributed by atoms with Crippen LogP contribution in [0.25, 0.3) is 0 Å². The first-order chi connectivity index (χ1) is 15.8. The van der Waals surface area contributed by atoms with Crippen molar-refractivity contribution < 1.29 is 22.7 Å². The third-order valence-electron chi connectivity index (χ3n) is 4.61. The van der Waals surface area contributed by atoms with Crippen LogP contribution < -0.4 is 10.0 Å². The van der Waals surface area contributed by atoms with E-state index in [9.17, 15) is 13.2 Å². The van der Waals surface area contributed by atoms with Gasteiger partial charge in [0.1, 0.15) is 0 Å². The molecule has 1 heterocycles. The second-order valence-corrected chi connectivity index (χ2v) is 8.75. The molecule has 0 atom stereocenters. The zero-order valence-electron chi connectivity index (χ0n) is 18.7. The van der Waals surface area contributed by atoms with Crippen molar-refractivity contribution in [2.45, 2.75) is 38.5 Å². The molecule has 2 N–H and O–H groups in total. The molecule has 0 saturated heterocycles. The molecule has 0 bridgehead atoms. The van der Waals surface area contributed by atoms with Crippen LogP contribution in [-0.2, 0) is 26.0 Å². The maximum absolute atomic E-state index is 12.7. The number of sulfonamides is 1. The minimum absolute atomic E-state index is 0.105. The summed E-state index contributed by atoms with van der Waals surface area (Å²) in [6.07, 6.45) is 1.00. The van der Waals surface area contributed by atoms with Crippen LogP contribution in [0, 0.1) is 6.92 Å². The molecular weight excluding hydrogens is 446 g/mol. The molecule has 0 unspecified atom stereocenters.